The molecule has 0 amide bonds. The summed E-state index contributed by atoms with van der Waals surface area (Å²) in [5, 5.41) is 3.41. The van der Waals surface area contributed by atoms with Crippen molar-refractivity contribution in [3.8, 4) is 0 Å². The minimum Gasteiger partial charge on any atom is -0.316 e. The Morgan fingerprint density at radius 1 is 1.28 bits per heavy atom. The molecule has 98 valence electrons. The Balaban J connectivity index is 1.90. The number of piperidine rings is 1. The zero-order valence-electron chi connectivity index (χ0n) is 11.5. The molecule has 0 saturated carbocycles. The lowest BCUT2D eigenvalue weighted by Gasteiger charge is -2.22. The molecule has 1 aromatic carbocycles. The molecular formula is C16H23NO. The van der Waals surface area contributed by atoms with E-state index in [1.54, 1.807) is 0 Å². The molecule has 1 heterocycles. The van der Waals surface area contributed by atoms with E-state index < -0.39 is 0 Å². The van der Waals surface area contributed by atoms with Crippen molar-refractivity contribution in [3.63, 3.8) is 0 Å². The topological polar surface area (TPSA) is 29.1 Å². The first-order valence-electron chi connectivity index (χ1n) is 6.97. The zero-order chi connectivity index (χ0) is 13.0. The van der Waals surface area contributed by atoms with Crippen LogP contribution >= 0.6 is 0 Å². The predicted octanol–water partition coefficient (Wildman–Crippen LogP) is 3.27. The Labute approximate surface area is 110 Å². The van der Waals surface area contributed by atoms with Gasteiger partial charge in [0.1, 0.15) is 0 Å². The number of Topliss-reactive ketones (excluding diaryl/α,β-unsaturated/α-hetero) is 1. The lowest BCUT2D eigenvalue weighted by Crippen LogP contribution is -2.30. The summed E-state index contributed by atoms with van der Waals surface area (Å²) in [6.45, 7) is 6.32. The van der Waals surface area contributed by atoms with E-state index in [-0.39, 0.29) is 0 Å². The number of rotatable bonds is 4. The van der Waals surface area contributed by atoms with E-state index in [4.69, 9.17) is 0 Å². The van der Waals surface area contributed by atoms with Gasteiger partial charge in [-0.3, -0.25) is 4.79 Å². The van der Waals surface area contributed by atoms with Gasteiger partial charge in [-0.1, -0.05) is 17.2 Å². The van der Waals surface area contributed by atoms with Crippen molar-refractivity contribution in [1.82, 2.24) is 5.32 Å². The average molecular weight is 245 g/mol. The monoisotopic (exact) mass is 245 g/mol. The van der Waals surface area contributed by atoms with Crippen LogP contribution in [0.2, 0.25) is 0 Å². The summed E-state index contributed by atoms with van der Waals surface area (Å²) in [4.78, 5) is 12.2. The number of aryl methyl sites for hydroxylation is 2. The van der Waals surface area contributed by atoms with Gasteiger partial charge in [-0.05, 0) is 64.3 Å². The molecule has 1 unspecified atom stereocenters. The van der Waals surface area contributed by atoms with Crippen LogP contribution in [0.4, 0.5) is 0 Å². The summed E-state index contributed by atoms with van der Waals surface area (Å²) in [5.41, 5.74) is 3.24. The second-order valence-electron chi connectivity index (χ2n) is 5.55. The summed E-state index contributed by atoms with van der Waals surface area (Å²) in [6.07, 6.45) is 4.24. The number of hydrogen-bond acceptors (Lipinski definition) is 2. The number of ketones is 1. The second kappa shape index (κ2) is 6.14. The molecule has 2 rings (SSSR count). The van der Waals surface area contributed by atoms with Crippen molar-refractivity contribution >= 4 is 5.78 Å². The standard InChI is InChI=1S/C16H23NO/c1-12-8-13(2)10-15(9-12)16(18)6-5-14-4-3-7-17-11-14/h8-10,14,17H,3-7,11H2,1-2H3. The van der Waals surface area contributed by atoms with Crippen molar-refractivity contribution in [1.29, 1.82) is 0 Å². The van der Waals surface area contributed by atoms with Crippen LogP contribution in [-0.2, 0) is 0 Å². The quantitative estimate of drug-likeness (QED) is 0.825. The molecule has 1 fully saturated rings. The molecule has 0 spiro atoms. The number of hydrogen-bond donors (Lipinski definition) is 1. The Morgan fingerprint density at radius 2 is 2.00 bits per heavy atom. The minimum absolute atomic E-state index is 0.298. The first-order chi connectivity index (χ1) is 8.65. The van der Waals surface area contributed by atoms with Crippen molar-refractivity contribution in [2.24, 2.45) is 5.92 Å². The Hall–Kier alpha value is -1.15. The van der Waals surface area contributed by atoms with Crippen LogP contribution in [0.15, 0.2) is 18.2 Å². The fourth-order valence-corrected chi connectivity index (χ4v) is 2.79. The first-order valence-corrected chi connectivity index (χ1v) is 6.97. The Kier molecular flexibility index (Phi) is 4.54. The molecule has 2 nitrogen and oxygen atoms in total. The molecule has 2 heteroatoms. The summed E-state index contributed by atoms with van der Waals surface area (Å²) in [5.74, 6) is 0.987. The van der Waals surface area contributed by atoms with Crippen molar-refractivity contribution < 1.29 is 4.79 Å². The number of carbonyl (C=O) groups is 1. The van der Waals surface area contributed by atoms with Crippen LogP contribution < -0.4 is 5.32 Å². The Morgan fingerprint density at radius 3 is 2.61 bits per heavy atom. The fourth-order valence-electron chi connectivity index (χ4n) is 2.79. The molecule has 18 heavy (non-hydrogen) atoms. The normalized spacial score (nSPS) is 19.8. The van der Waals surface area contributed by atoms with Gasteiger partial charge in [0.2, 0.25) is 0 Å². The second-order valence-corrected chi connectivity index (χ2v) is 5.55. The van der Waals surface area contributed by atoms with Gasteiger partial charge in [0, 0.05) is 12.0 Å². The first kappa shape index (κ1) is 13.3. The number of carbonyl (C=O) groups excluding carboxylic acids is 1. The van der Waals surface area contributed by atoms with Crippen LogP contribution in [0.1, 0.15) is 47.2 Å². The third-order valence-electron chi connectivity index (χ3n) is 3.72. The van der Waals surface area contributed by atoms with E-state index in [1.807, 2.05) is 12.1 Å². The van der Waals surface area contributed by atoms with Gasteiger partial charge < -0.3 is 5.32 Å². The SMILES string of the molecule is Cc1cc(C)cc(C(=O)CCC2CCCNC2)c1. The zero-order valence-corrected chi connectivity index (χ0v) is 11.5. The number of benzene rings is 1. The molecule has 0 aliphatic carbocycles. The molecule has 1 saturated heterocycles. The average Bonchev–Trinajstić information content (AvgIpc) is 2.36. The van der Waals surface area contributed by atoms with Crippen LogP contribution in [0.3, 0.4) is 0 Å². The highest BCUT2D eigenvalue weighted by Gasteiger charge is 2.15. The molecule has 1 aromatic rings. The maximum atomic E-state index is 12.2. The smallest absolute Gasteiger partial charge is 0.162 e. The molecular weight excluding hydrogens is 222 g/mol. The van der Waals surface area contributed by atoms with Gasteiger partial charge in [-0.2, -0.15) is 0 Å². The van der Waals surface area contributed by atoms with Crippen LogP contribution in [0.5, 0.6) is 0 Å². The highest BCUT2D eigenvalue weighted by molar-refractivity contribution is 5.96. The summed E-state index contributed by atoms with van der Waals surface area (Å²) in [6, 6.07) is 6.13. The van der Waals surface area contributed by atoms with E-state index in [2.05, 4.69) is 25.2 Å². The molecule has 0 bridgehead atoms. The third kappa shape index (κ3) is 3.67. The van der Waals surface area contributed by atoms with Gasteiger partial charge in [0.25, 0.3) is 0 Å². The molecule has 1 atom stereocenters. The lowest BCUT2D eigenvalue weighted by molar-refractivity contribution is 0.0971. The van der Waals surface area contributed by atoms with Crippen molar-refractivity contribution in [2.75, 3.05) is 13.1 Å². The summed E-state index contributed by atoms with van der Waals surface area (Å²) in [7, 11) is 0. The predicted molar refractivity (Wildman–Crippen MR) is 75.1 cm³/mol. The maximum absolute atomic E-state index is 12.2. The number of nitrogens with one attached hydrogen (secondary N) is 1. The van der Waals surface area contributed by atoms with Crippen molar-refractivity contribution in [2.45, 2.75) is 39.5 Å². The molecule has 1 aliphatic heterocycles. The molecule has 1 N–H and O–H groups in total. The van der Waals surface area contributed by atoms with Gasteiger partial charge in [0.05, 0.1) is 0 Å². The van der Waals surface area contributed by atoms with Gasteiger partial charge in [-0.15, -0.1) is 0 Å². The van der Waals surface area contributed by atoms with E-state index in [0.29, 0.717) is 18.1 Å². The van der Waals surface area contributed by atoms with E-state index in [9.17, 15) is 4.79 Å². The largest absolute Gasteiger partial charge is 0.316 e. The van der Waals surface area contributed by atoms with Crippen LogP contribution in [-0.4, -0.2) is 18.9 Å². The van der Waals surface area contributed by atoms with Crippen LogP contribution in [0.25, 0.3) is 0 Å². The molecule has 0 aromatic heterocycles. The van der Waals surface area contributed by atoms with E-state index >= 15 is 0 Å². The summed E-state index contributed by atoms with van der Waals surface area (Å²) >= 11 is 0. The molecule has 0 radical (unpaired) electrons. The minimum atomic E-state index is 0.298. The third-order valence-corrected chi connectivity index (χ3v) is 3.72. The van der Waals surface area contributed by atoms with Gasteiger partial charge in [-0.25, -0.2) is 0 Å². The van der Waals surface area contributed by atoms with E-state index in [0.717, 1.165) is 25.1 Å². The summed E-state index contributed by atoms with van der Waals surface area (Å²) < 4.78 is 0. The maximum Gasteiger partial charge on any atom is 0.162 e. The van der Waals surface area contributed by atoms with Crippen LogP contribution in [0, 0.1) is 19.8 Å². The fraction of sp³-hybridized carbons (Fsp3) is 0.562. The Bertz CT molecular complexity index is 399. The molecule has 1 aliphatic rings. The van der Waals surface area contributed by atoms with Gasteiger partial charge in [0.15, 0.2) is 5.78 Å². The van der Waals surface area contributed by atoms with E-state index in [1.165, 1.54) is 24.0 Å². The highest BCUT2D eigenvalue weighted by atomic mass is 16.1. The lowest BCUT2D eigenvalue weighted by atomic mass is 9.92. The van der Waals surface area contributed by atoms with Crippen molar-refractivity contribution in [3.05, 3.63) is 34.9 Å². The van der Waals surface area contributed by atoms with Gasteiger partial charge >= 0.3 is 0 Å². The highest BCUT2D eigenvalue weighted by Crippen LogP contribution is 2.18.